The molecule has 4 fully saturated rings. The van der Waals surface area contributed by atoms with Crippen molar-refractivity contribution in [3.63, 3.8) is 0 Å². The maximum Gasteiger partial charge on any atom is 0.227 e. The van der Waals surface area contributed by atoms with E-state index in [-0.39, 0.29) is 35.0 Å². The molecule has 1 N–H and O–H groups in total. The molecule has 70 heavy (non-hydrogen) atoms. The van der Waals surface area contributed by atoms with Gasteiger partial charge in [-0.3, -0.25) is 9.59 Å². The number of sulfonamides is 2. The van der Waals surface area contributed by atoms with E-state index in [0.717, 1.165) is 67.3 Å². The van der Waals surface area contributed by atoms with E-state index in [1.165, 1.54) is 33.3 Å². The van der Waals surface area contributed by atoms with Crippen molar-refractivity contribution < 1.29 is 39.9 Å². The fourth-order valence-electron chi connectivity index (χ4n) is 10.7. The molecule has 4 saturated heterocycles. The van der Waals surface area contributed by atoms with Gasteiger partial charge in [0.05, 0.1) is 75.2 Å². The second kappa shape index (κ2) is 18.0. The molecule has 8 heterocycles. The number of benzene rings is 3. The molecule has 0 radical (unpaired) electrons. The van der Waals surface area contributed by atoms with Gasteiger partial charge in [0.15, 0.2) is 0 Å². The molecule has 0 spiro atoms. The second-order valence-corrected chi connectivity index (χ2v) is 23.1. The lowest BCUT2D eigenvalue weighted by Gasteiger charge is -2.27. The van der Waals surface area contributed by atoms with Gasteiger partial charge in [0.2, 0.25) is 31.9 Å². The molecule has 3 aromatic carbocycles. The van der Waals surface area contributed by atoms with Gasteiger partial charge in [0.25, 0.3) is 0 Å². The lowest BCUT2D eigenvalue weighted by molar-refractivity contribution is -0.119. The van der Waals surface area contributed by atoms with Gasteiger partial charge in [-0.25, -0.2) is 39.8 Å². The van der Waals surface area contributed by atoms with Crippen molar-refractivity contribution in [3.05, 3.63) is 100.0 Å². The zero-order valence-electron chi connectivity index (χ0n) is 39.4. The van der Waals surface area contributed by atoms with Crippen LogP contribution in [0.2, 0.25) is 5.02 Å². The quantitative estimate of drug-likeness (QED) is 0.148. The van der Waals surface area contributed by atoms with Crippen LogP contribution in [-0.4, -0.2) is 105 Å². The Morgan fingerprint density at radius 1 is 0.686 bits per heavy atom. The third-order valence-electron chi connectivity index (χ3n) is 14.0. The summed E-state index contributed by atoms with van der Waals surface area (Å²) < 4.78 is 80.6. The number of carbonyl (C=O) groups is 2. The number of rotatable bonds is 9. The number of nitrogens with zero attached hydrogens (tertiary/aromatic N) is 9. The molecule has 4 aliphatic rings. The lowest BCUT2D eigenvalue weighted by atomic mass is 10.0. The highest BCUT2D eigenvalue weighted by Gasteiger charge is 2.41. The molecule has 7 aromatic rings. The Morgan fingerprint density at radius 2 is 1.21 bits per heavy atom. The topological polar surface area (TPSA) is 212 Å². The van der Waals surface area contributed by atoms with Crippen molar-refractivity contribution in [2.45, 2.75) is 90.4 Å². The van der Waals surface area contributed by atoms with Crippen LogP contribution in [0.3, 0.4) is 0 Å². The largest absolute Gasteiger partial charge is 0.361 e. The van der Waals surface area contributed by atoms with Gasteiger partial charge in [0.1, 0.15) is 29.0 Å². The fourth-order valence-corrected chi connectivity index (χ4v) is 12.7. The van der Waals surface area contributed by atoms with E-state index in [1.807, 2.05) is 64.1 Å². The highest BCUT2D eigenvalue weighted by molar-refractivity contribution is 7.88. The van der Waals surface area contributed by atoms with Crippen LogP contribution in [0.25, 0.3) is 44.3 Å². The van der Waals surface area contributed by atoms with E-state index in [9.17, 15) is 30.8 Å². The van der Waals surface area contributed by atoms with Gasteiger partial charge < -0.3 is 28.4 Å². The van der Waals surface area contributed by atoms with E-state index < -0.39 is 31.9 Å². The summed E-state index contributed by atoms with van der Waals surface area (Å²) in [6.07, 6.45) is 5.74. The maximum atomic E-state index is 13.9. The highest BCUT2D eigenvalue weighted by Crippen LogP contribution is 2.43. The molecular formula is C48H52ClFN10O8S2. The molecule has 0 aliphatic carbocycles. The number of anilines is 1. The van der Waals surface area contributed by atoms with Crippen LogP contribution in [-0.2, 0) is 29.6 Å². The predicted molar refractivity (Wildman–Crippen MR) is 261 cm³/mol. The number of aryl methyl sites for hydroxylation is 4. The van der Waals surface area contributed by atoms with Crippen molar-refractivity contribution in [2.24, 2.45) is 0 Å². The summed E-state index contributed by atoms with van der Waals surface area (Å²) in [5.41, 5.74) is 9.13. The smallest absolute Gasteiger partial charge is 0.227 e. The molecular weight excluding hydrogens is 963 g/mol. The highest BCUT2D eigenvalue weighted by atomic mass is 35.5. The maximum absolute atomic E-state index is 13.9. The fraction of sp³-hybridized carbons (Fsp3) is 0.417. The van der Waals surface area contributed by atoms with Crippen molar-refractivity contribution in [1.29, 1.82) is 0 Å². The molecule has 11 rings (SSSR count). The van der Waals surface area contributed by atoms with Gasteiger partial charge in [0, 0.05) is 55.8 Å². The first kappa shape index (κ1) is 47.7. The SMILES string of the molecule is Cc1noc(C)c1-c1ccc2c(c1)nc([C@H]1CCC(=O)N1)n2[C@@H]1CCN(S(C)(=O)=O)C1.Cc1noc(C)c1-c1ccc2c(c1)nc([C@H]1CCC(=O)N1c1ccc(F)c(Cl)c1)n2[C@@H]1CCN(S(C)(=O)=O)C1. The van der Waals surface area contributed by atoms with Crippen LogP contribution >= 0.6 is 11.6 Å². The summed E-state index contributed by atoms with van der Waals surface area (Å²) in [6.45, 7) is 9.14. The molecule has 2 amide bonds. The Kier molecular flexibility index (Phi) is 12.3. The van der Waals surface area contributed by atoms with E-state index in [0.29, 0.717) is 82.0 Å². The number of hydrogen-bond donors (Lipinski definition) is 1. The normalized spacial score (nSPS) is 21.4. The number of hydrogen-bond acceptors (Lipinski definition) is 12. The summed E-state index contributed by atoms with van der Waals surface area (Å²) in [7, 11) is -6.62. The van der Waals surface area contributed by atoms with Gasteiger partial charge in [-0.1, -0.05) is 34.0 Å². The van der Waals surface area contributed by atoms with Crippen LogP contribution in [0.15, 0.2) is 63.6 Å². The first-order valence-electron chi connectivity index (χ1n) is 23.1. The van der Waals surface area contributed by atoms with Gasteiger partial charge >= 0.3 is 0 Å². The van der Waals surface area contributed by atoms with E-state index >= 15 is 0 Å². The minimum absolute atomic E-state index is 0.0178. The molecule has 368 valence electrons. The average Bonchev–Trinajstić information content (AvgIpc) is 4.17. The first-order valence-corrected chi connectivity index (χ1v) is 27.2. The molecule has 0 unspecified atom stereocenters. The molecule has 0 bridgehead atoms. The van der Waals surface area contributed by atoms with E-state index in [1.54, 1.807) is 11.0 Å². The Bertz CT molecular complexity index is 3440. The standard InChI is InChI=1S/C27H27ClFN5O4S.C21H25N5O4S/c1-15-26(16(2)38-31-15)17-4-7-23-22(12-17)30-27(34(23)19-10-11-32(14-19)39(3,36)37)24-8-9-25(35)33(24)18-5-6-21(29)20(28)13-18;1-12-20(13(2)30-24-12)14-4-6-18-17(10-14)23-21(16-5-7-19(27)22-16)26(18)15-8-9-25(11-15)31(3,28)29/h4-7,12-13,19,24H,8-11,14H2,1-3H3;4,6,10,15-16H,5,7-9,11H2,1-3H3,(H,22,27)/t19-,24-;15-,16-/m11/s1. The van der Waals surface area contributed by atoms with Crippen molar-refractivity contribution >= 4 is 71.2 Å². The summed E-state index contributed by atoms with van der Waals surface area (Å²) in [5.74, 6) is 2.25. The van der Waals surface area contributed by atoms with Crippen LogP contribution in [0.5, 0.6) is 0 Å². The Hall–Kier alpha value is -6.00. The summed E-state index contributed by atoms with van der Waals surface area (Å²) in [5, 5.41) is 11.1. The van der Waals surface area contributed by atoms with Gasteiger partial charge in [-0.2, -0.15) is 0 Å². The number of nitrogens with one attached hydrogen (secondary N) is 1. The zero-order chi connectivity index (χ0) is 49.6. The lowest BCUT2D eigenvalue weighted by Crippen LogP contribution is -2.31. The van der Waals surface area contributed by atoms with Crippen LogP contribution in [0.1, 0.15) is 97.2 Å². The van der Waals surface area contributed by atoms with Crippen LogP contribution in [0.4, 0.5) is 10.1 Å². The number of halogens is 2. The Morgan fingerprint density at radius 3 is 1.67 bits per heavy atom. The zero-order valence-corrected chi connectivity index (χ0v) is 41.8. The molecule has 0 saturated carbocycles. The number of fused-ring (bicyclic) bond motifs is 2. The second-order valence-electron chi connectivity index (χ2n) is 18.7. The molecule has 4 atom stereocenters. The number of aromatic nitrogens is 6. The molecule has 4 aliphatic heterocycles. The van der Waals surface area contributed by atoms with Crippen LogP contribution < -0.4 is 10.2 Å². The predicted octanol–water partition coefficient (Wildman–Crippen LogP) is 7.64. The molecule has 4 aromatic heterocycles. The van der Waals surface area contributed by atoms with Crippen molar-refractivity contribution in [3.8, 4) is 22.3 Å². The minimum atomic E-state index is -3.36. The number of amides is 2. The Balaban J connectivity index is 0.000000166. The number of carbonyl (C=O) groups excluding carboxylic acids is 2. The number of imidazole rings is 2. The summed E-state index contributed by atoms with van der Waals surface area (Å²) >= 11 is 6.07. The van der Waals surface area contributed by atoms with Gasteiger partial charge in [-0.05, 0) is 107 Å². The molecule has 18 nitrogen and oxygen atoms in total. The van der Waals surface area contributed by atoms with Gasteiger partial charge in [-0.15, -0.1) is 0 Å². The van der Waals surface area contributed by atoms with Crippen molar-refractivity contribution in [2.75, 3.05) is 43.6 Å². The van der Waals surface area contributed by atoms with Crippen molar-refractivity contribution in [1.82, 2.24) is 43.3 Å². The third kappa shape index (κ3) is 8.68. The first-order chi connectivity index (χ1) is 33.2. The summed E-state index contributed by atoms with van der Waals surface area (Å²) in [6, 6.07) is 15.4. The summed E-state index contributed by atoms with van der Waals surface area (Å²) in [4.78, 5) is 36.6. The minimum Gasteiger partial charge on any atom is -0.361 e. The van der Waals surface area contributed by atoms with E-state index in [4.69, 9.17) is 30.6 Å². The average molecular weight is 1020 g/mol. The van der Waals surface area contributed by atoms with E-state index in [2.05, 4.69) is 24.8 Å². The third-order valence-corrected chi connectivity index (χ3v) is 16.8. The molecule has 22 heteroatoms. The monoisotopic (exact) mass is 1010 g/mol. The Labute approximate surface area is 408 Å². The van der Waals surface area contributed by atoms with Crippen LogP contribution in [0, 0.1) is 33.5 Å².